The van der Waals surface area contributed by atoms with Crippen molar-refractivity contribution >= 4 is 21.4 Å². The van der Waals surface area contributed by atoms with E-state index in [9.17, 15) is 8.42 Å². The van der Waals surface area contributed by atoms with Crippen molar-refractivity contribution in [2.75, 3.05) is 6.26 Å². The number of halogens is 1. The largest absolute Gasteiger partial charge is 0.298 e. The molecule has 0 saturated carbocycles. The third-order valence-corrected chi connectivity index (χ3v) is 3.68. The second kappa shape index (κ2) is 4.70. The van der Waals surface area contributed by atoms with Gasteiger partial charge in [0.1, 0.15) is 0 Å². The van der Waals surface area contributed by atoms with E-state index in [0.717, 1.165) is 11.8 Å². The molecular weight excluding hydrogens is 274 g/mol. The first-order chi connectivity index (χ1) is 8.43. The lowest BCUT2D eigenvalue weighted by molar-refractivity contribution is 0.575. The molecule has 1 heterocycles. The number of sulfone groups is 1. The van der Waals surface area contributed by atoms with Gasteiger partial charge in [-0.25, -0.2) is 8.42 Å². The lowest BCUT2D eigenvalue weighted by Gasteiger charge is -2.06. The molecule has 2 rings (SSSR count). The Morgan fingerprint density at radius 3 is 2.33 bits per heavy atom. The number of benzene rings is 1. The highest BCUT2D eigenvalue weighted by Gasteiger charge is 2.20. The highest BCUT2D eigenvalue weighted by Crippen LogP contribution is 2.22. The van der Waals surface area contributed by atoms with Crippen molar-refractivity contribution in [3.63, 3.8) is 0 Å². The van der Waals surface area contributed by atoms with E-state index in [2.05, 4.69) is 10.2 Å². The Morgan fingerprint density at radius 1 is 1.22 bits per heavy atom. The Kier molecular flexibility index (Phi) is 3.41. The van der Waals surface area contributed by atoms with Crippen LogP contribution in [-0.4, -0.2) is 29.4 Å². The molecule has 0 aliphatic rings. The maximum absolute atomic E-state index is 11.6. The highest BCUT2D eigenvalue weighted by atomic mass is 35.5. The second-order valence-electron chi connectivity index (χ2n) is 3.83. The first-order valence-electron chi connectivity index (χ1n) is 5.32. The van der Waals surface area contributed by atoms with Crippen LogP contribution < -0.4 is 0 Å². The van der Waals surface area contributed by atoms with E-state index in [0.29, 0.717) is 17.4 Å². The number of rotatable bonds is 3. The predicted octanol–water partition coefficient (Wildman–Crippen LogP) is 2.02. The van der Waals surface area contributed by atoms with Gasteiger partial charge in [0.05, 0.1) is 0 Å². The molecule has 0 radical (unpaired) electrons. The van der Waals surface area contributed by atoms with Crippen LogP contribution in [0.2, 0.25) is 5.02 Å². The Bertz CT molecular complexity index is 662. The van der Waals surface area contributed by atoms with E-state index >= 15 is 0 Å². The molecular formula is C11H12ClN3O2S. The van der Waals surface area contributed by atoms with Crippen molar-refractivity contribution in [3.05, 3.63) is 29.3 Å². The summed E-state index contributed by atoms with van der Waals surface area (Å²) in [5.74, 6) is 0.523. The van der Waals surface area contributed by atoms with Crippen LogP contribution in [0.3, 0.4) is 0 Å². The summed E-state index contributed by atoms with van der Waals surface area (Å²) in [6.45, 7) is 2.32. The van der Waals surface area contributed by atoms with Crippen LogP contribution in [0, 0.1) is 0 Å². The van der Waals surface area contributed by atoms with Crippen molar-refractivity contribution in [3.8, 4) is 11.4 Å². The van der Waals surface area contributed by atoms with E-state index in [1.807, 2.05) is 6.92 Å². The molecule has 18 heavy (non-hydrogen) atoms. The average Bonchev–Trinajstić information content (AvgIpc) is 2.73. The number of nitrogens with zero attached hydrogens (tertiary/aromatic N) is 3. The van der Waals surface area contributed by atoms with Gasteiger partial charge in [-0.15, -0.1) is 10.2 Å². The molecule has 0 aliphatic carbocycles. The Balaban J connectivity index is 2.59. The molecule has 5 nitrogen and oxygen atoms in total. The van der Waals surface area contributed by atoms with Gasteiger partial charge in [-0.3, -0.25) is 4.57 Å². The first kappa shape index (κ1) is 13.0. The monoisotopic (exact) mass is 285 g/mol. The minimum Gasteiger partial charge on any atom is -0.298 e. The summed E-state index contributed by atoms with van der Waals surface area (Å²) >= 11 is 5.81. The van der Waals surface area contributed by atoms with Crippen molar-refractivity contribution in [2.24, 2.45) is 0 Å². The van der Waals surface area contributed by atoms with Crippen LogP contribution in [0.1, 0.15) is 6.92 Å². The maximum atomic E-state index is 11.6. The molecule has 0 spiro atoms. The Labute approximate surface area is 110 Å². The van der Waals surface area contributed by atoms with Crippen LogP contribution in [0.15, 0.2) is 29.4 Å². The highest BCUT2D eigenvalue weighted by molar-refractivity contribution is 7.90. The van der Waals surface area contributed by atoms with E-state index in [1.165, 1.54) is 0 Å². The molecule has 1 aromatic carbocycles. The second-order valence-corrected chi connectivity index (χ2v) is 6.18. The average molecular weight is 286 g/mol. The van der Waals surface area contributed by atoms with Gasteiger partial charge in [0.2, 0.25) is 15.0 Å². The van der Waals surface area contributed by atoms with Gasteiger partial charge in [-0.2, -0.15) is 0 Å². The fraction of sp³-hybridized carbons (Fsp3) is 0.273. The molecule has 2 aromatic rings. The molecule has 1 aromatic heterocycles. The van der Waals surface area contributed by atoms with Gasteiger partial charge in [0.15, 0.2) is 5.82 Å². The van der Waals surface area contributed by atoms with E-state index < -0.39 is 9.84 Å². The Morgan fingerprint density at radius 2 is 1.83 bits per heavy atom. The standard InChI is InChI=1S/C11H12ClN3O2S/c1-3-15-10(8-4-6-9(12)7-5-8)13-14-11(15)18(2,16)17/h4-7H,3H2,1-2H3. The predicted molar refractivity (Wildman–Crippen MR) is 69.3 cm³/mol. The Hall–Kier alpha value is -1.40. The minimum absolute atomic E-state index is 0.0186. The molecule has 96 valence electrons. The first-order valence-corrected chi connectivity index (χ1v) is 7.59. The van der Waals surface area contributed by atoms with Crippen molar-refractivity contribution in [1.82, 2.24) is 14.8 Å². The quantitative estimate of drug-likeness (QED) is 0.865. The number of hydrogen-bond donors (Lipinski definition) is 0. The summed E-state index contributed by atoms with van der Waals surface area (Å²) in [4.78, 5) is 0. The topological polar surface area (TPSA) is 64.8 Å². The van der Waals surface area contributed by atoms with Gasteiger partial charge < -0.3 is 0 Å². The molecule has 0 aliphatic heterocycles. The molecule has 0 N–H and O–H groups in total. The minimum atomic E-state index is -3.38. The van der Waals surface area contributed by atoms with Gasteiger partial charge >= 0.3 is 0 Å². The summed E-state index contributed by atoms with van der Waals surface area (Å²) in [5, 5.41) is 8.29. The lowest BCUT2D eigenvalue weighted by atomic mass is 10.2. The van der Waals surface area contributed by atoms with Crippen molar-refractivity contribution in [2.45, 2.75) is 18.6 Å². The van der Waals surface area contributed by atoms with Crippen molar-refractivity contribution in [1.29, 1.82) is 0 Å². The van der Waals surface area contributed by atoms with Crippen LogP contribution in [0.5, 0.6) is 0 Å². The van der Waals surface area contributed by atoms with Gasteiger partial charge in [0.25, 0.3) is 0 Å². The molecule has 0 unspecified atom stereocenters. The SMILES string of the molecule is CCn1c(-c2ccc(Cl)cc2)nnc1S(C)(=O)=O. The normalized spacial score (nSPS) is 11.7. The summed E-state index contributed by atoms with van der Waals surface area (Å²) in [5.41, 5.74) is 0.781. The molecule has 0 atom stereocenters. The number of hydrogen-bond acceptors (Lipinski definition) is 4. The van der Waals surface area contributed by atoms with Crippen molar-refractivity contribution < 1.29 is 8.42 Å². The third kappa shape index (κ3) is 2.39. The fourth-order valence-corrected chi connectivity index (χ4v) is 2.59. The summed E-state index contributed by atoms with van der Waals surface area (Å²) in [7, 11) is -3.38. The third-order valence-electron chi connectivity index (χ3n) is 2.47. The number of aromatic nitrogens is 3. The summed E-state index contributed by atoms with van der Waals surface area (Å²) < 4.78 is 24.7. The molecule has 0 bridgehead atoms. The molecule has 0 saturated heterocycles. The van der Waals surface area contributed by atoms with E-state index in [1.54, 1.807) is 28.8 Å². The van der Waals surface area contributed by atoms with Gasteiger partial charge in [0, 0.05) is 23.4 Å². The van der Waals surface area contributed by atoms with Crippen LogP contribution in [0.4, 0.5) is 0 Å². The summed E-state index contributed by atoms with van der Waals surface area (Å²) in [6, 6.07) is 7.02. The molecule has 7 heteroatoms. The van der Waals surface area contributed by atoms with Crippen LogP contribution in [0.25, 0.3) is 11.4 Å². The lowest BCUT2D eigenvalue weighted by Crippen LogP contribution is -2.09. The van der Waals surface area contributed by atoms with E-state index in [4.69, 9.17) is 11.6 Å². The van der Waals surface area contributed by atoms with Crippen LogP contribution >= 0.6 is 11.6 Å². The smallest absolute Gasteiger partial charge is 0.249 e. The summed E-state index contributed by atoms with van der Waals surface area (Å²) in [6.07, 6.45) is 1.12. The van der Waals surface area contributed by atoms with E-state index in [-0.39, 0.29) is 5.16 Å². The van der Waals surface area contributed by atoms with Crippen LogP contribution in [-0.2, 0) is 16.4 Å². The van der Waals surface area contributed by atoms with Gasteiger partial charge in [-0.05, 0) is 31.2 Å². The zero-order valence-electron chi connectivity index (χ0n) is 9.96. The molecule has 0 fully saturated rings. The molecule has 0 amide bonds. The van der Waals surface area contributed by atoms with Gasteiger partial charge in [-0.1, -0.05) is 11.6 Å². The zero-order chi connectivity index (χ0) is 13.3. The fourth-order valence-electron chi connectivity index (χ4n) is 1.66. The zero-order valence-corrected chi connectivity index (χ0v) is 11.5. The maximum Gasteiger partial charge on any atom is 0.249 e.